The van der Waals surface area contributed by atoms with Gasteiger partial charge in [-0.1, -0.05) is 0 Å². The van der Waals surface area contributed by atoms with Crippen LogP contribution < -0.4 is 5.32 Å². The molecule has 2 rings (SSSR count). The van der Waals surface area contributed by atoms with Crippen molar-refractivity contribution in [2.45, 2.75) is 25.4 Å². The number of ether oxygens (including phenoxy) is 1. The van der Waals surface area contributed by atoms with Crippen molar-refractivity contribution in [1.82, 2.24) is 4.90 Å². The van der Waals surface area contributed by atoms with Gasteiger partial charge in [-0.3, -0.25) is 9.59 Å². The fourth-order valence-corrected chi connectivity index (χ4v) is 2.28. The largest absolute Gasteiger partial charge is 0.380 e. The lowest BCUT2D eigenvalue weighted by Gasteiger charge is -2.15. The number of benzene rings is 1. The molecule has 0 aliphatic carbocycles. The van der Waals surface area contributed by atoms with E-state index in [0.29, 0.717) is 18.8 Å². The van der Waals surface area contributed by atoms with Crippen molar-refractivity contribution in [2.24, 2.45) is 0 Å². The highest BCUT2D eigenvalue weighted by Crippen LogP contribution is 2.14. The van der Waals surface area contributed by atoms with Crippen LogP contribution in [0.15, 0.2) is 24.3 Å². The zero-order chi connectivity index (χ0) is 15.2. The third-order valence-electron chi connectivity index (χ3n) is 3.52. The van der Waals surface area contributed by atoms with Crippen LogP contribution >= 0.6 is 0 Å². The predicted molar refractivity (Wildman–Crippen MR) is 76.3 cm³/mol. The van der Waals surface area contributed by atoms with Crippen molar-refractivity contribution >= 4 is 17.5 Å². The number of amides is 2. The molecule has 21 heavy (non-hydrogen) atoms. The minimum absolute atomic E-state index is 0.0381. The molecule has 1 aromatic carbocycles. The van der Waals surface area contributed by atoms with Crippen molar-refractivity contribution in [1.29, 1.82) is 0 Å². The first-order chi connectivity index (χ1) is 10.1. The molecular weight excluding hydrogens is 275 g/mol. The molecule has 1 N–H and O–H groups in total. The minimum Gasteiger partial charge on any atom is -0.380 e. The Hall–Kier alpha value is -1.95. The summed E-state index contributed by atoms with van der Waals surface area (Å²) in [6.07, 6.45) is 1.22. The molecule has 0 radical (unpaired) electrons. The Morgan fingerprint density at radius 3 is 2.67 bits per heavy atom. The van der Waals surface area contributed by atoms with Crippen molar-refractivity contribution in [3.05, 3.63) is 30.1 Å². The van der Waals surface area contributed by atoms with Crippen LogP contribution in [-0.2, 0) is 14.3 Å². The third kappa shape index (κ3) is 4.53. The summed E-state index contributed by atoms with van der Waals surface area (Å²) in [5.74, 6) is -0.647. The van der Waals surface area contributed by atoms with Gasteiger partial charge in [-0.05, 0) is 30.7 Å². The average Bonchev–Trinajstić information content (AvgIpc) is 2.96. The maximum absolute atomic E-state index is 12.7. The Kier molecular flexibility index (Phi) is 5.27. The quantitative estimate of drug-likeness (QED) is 0.900. The maximum Gasteiger partial charge on any atom is 0.224 e. The number of carbonyl (C=O) groups is 2. The minimum atomic E-state index is -0.357. The van der Waals surface area contributed by atoms with Crippen molar-refractivity contribution in [3.8, 4) is 0 Å². The molecule has 1 heterocycles. The first-order valence-corrected chi connectivity index (χ1v) is 6.94. The molecule has 1 fully saturated rings. The molecule has 1 unspecified atom stereocenters. The van der Waals surface area contributed by atoms with Crippen LogP contribution in [0.3, 0.4) is 0 Å². The fourth-order valence-electron chi connectivity index (χ4n) is 2.28. The predicted octanol–water partition coefficient (Wildman–Crippen LogP) is 1.79. The molecule has 5 nitrogen and oxygen atoms in total. The highest BCUT2D eigenvalue weighted by Gasteiger charge is 2.25. The number of hydrogen-bond donors (Lipinski definition) is 1. The summed E-state index contributed by atoms with van der Waals surface area (Å²) in [6.45, 7) is 1.27. The Labute approximate surface area is 123 Å². The number of nitrogens with one attached hydrogen (secondary N) is 1. The van der Waals surface area contributed by atoms with Gasteiger partial charge in [0.25, 0.3) is 0 Å². The third-order valence-corrected chi connectivity index (χ3v) is 3.52. The smallest absolute Gasteiger partial charge is 0.224 e. The van der Waals surface area contributed by atoms with E-state index in [-0.39, 0.29) is 36.6 Å². The van der Waals surface area contributed by atoms with E-state index in [1.807, 2.05) is 0 Å². The molecule has 1 aromatic rings. The van der Waals surface area contributed by atoms with Gasteiger partial charge in [0.05, 0.1) is 6.10 Å². The first-order valence-electron chi connectivity index (χ1n) is 6.94. The van der Waals surface area contributed by atoms with Gasteiger partial charge in [0.15, 0.2) is 0 Å². The number of rotatable bonds is 5. The fraction of sp³-hybridized carbons (Fsp3) is 0.467. The second kappa shape index (κ2) is 7.17. The van der Waals surface area contributed by atoms with Gasteiger partial charge in [-0.25, -0.2) is 4.39 Å². The highest BCUT2D eigenvalue weighted by atomic mass is 19.1. The Morgan fingerprint density at radius 2 is 2.05 bits per heavy atom. The van der Waals surface area contributed by atoms with Gasteiger partial charge < -0.3 is 15.0 Å². The van der Waals surface area contributed by atoms with E-state index in [2.05, 4.69) is 5.32 Å². The summed E-state index contributed by atoms with van der Waals surface area (Å²) < 4.78 is 17.9. The van der Waals surface area contributed by atoms with Crippen LogP contribution in [0.2, 0.25) is 0 Å². The lowest BCUT2D eigenvalue weighted by Crippen LogP contribution is -2.30. The molecule has 0 saturated carbocycles. The van der Waals surface area contributed by atoms with Gasteiger partial charge in [-0.2, -0.15) is 0 Å². The van der Waals surface area contributed by atoms with E-state index in [0.717, 1.165) is 6.42 Å². The average molecular weight is 294 g/mol. The molecule has 114 valence electrons. The summed E-state index contributed by atoms with van der Waals surface area (Å²) in [5.41, 5.74) is 0.523. The molecule has 0 bridgehead atoms. The van der Waals surface area contributed by atoms with Gasteiger partial charge in [0.1, 0.15) is 5.82 Å². The molecule has 2 amide bonds. The lowest BCUT2D eigenvalue weighted by atomic mass is 10.2. The Bertz CT molecular complexity index is 504. The number of hydrogen-bond acceptors (Lipinski definition) is 3. The number of nitrogens with zero attached hydrogens (tertiary/aromatic N) is 1. The molecule has 0 spiro atoms. The van der Waals surface area contributed by atoms with Crippen LogP contribution in [0, 0.1) is 5.82 Å². The van der Waals surface area contributed by atoms with Gasteiger partial charge in [-0.15, -0.1) is 0 Å². The monoisotopic (exact) mass is 294 g/mol. The van der Waals surface area contributed by atoms with Gasteiger partial charge in [0.2, 0.25) is 11.8 Å². The Balaban J connectivity index is 1.73. The summed E-state index contributed by atoms with van der Waals surface area (Å²) in [6, 6.07) is 5.52. The van der Waals surface area contributed by atoms with E-state index < -0.39 is 0 Å². The molecular formula is C15H19FN2O3. The number of methoxy groups -OCH3 is 1. The number of halogens is 1. The highest BCUT2D eigenvalue weighted by molar-refractivity contribution is 5.93. The van der Waals surface area contributed by atoms with E-state index in [4.69, 9.17) is 4.74 Å². The molecule has 6 heteroatoms. The van der Waals surface area contributed by atoms with E-state index in [1.54, 1.807) is 12.0 Å². The van der Waals surface area contributed by atoms with Crippen molar-refractivity contribution in [2.75, 3.05) is 25.5 Å². The summed E-state index contributed by atoms with van der Waals surface area (Å²) in [5, 5.41) is 2.63. The molecule has 1 saturated heterocycles. The standard InChI is InChI=1S/C15H19FN2O3/c1-21-13-8-9-18(10-13)15(20)7-6-14(19)17-12-4-2-11(16)3-5-12/h2-5,13H,6-10H2,1H3,(H,17,19). The van der Waals surface area contributed by atoms with Crippen LogP contribution in [0.1, 0.15) is 19.3 Å². The van der Waals surface area contributed by atoms with Crippen LogP contribution in [0.25, 0.3) is 0 Å². The van der Waals surface area contributed by atoms with E-state index >= 15 is 0 Å². The van der Waals surface area contributed by atoms with Crippen molar-refractivity contribution < 1.29 is 18.7 Å². The number of likely N-dealkylation sites (tertiary alicyclic amines) is 1. The van der Waals surface area contributed by atoms with Crippen LogP contribution in [0.5, 0.6) is 0 Å². The SMILES string of the molecule is COC1CCN(C(=O)CCC(=O)Nc2ccc(F)cc2)C1. The second-order valence-corrected chi connectivity index (χ2v) is 5.04. The van der Waals surface area contributed by atoms with Crippen LogP contribution in [-0.4, -0.2) is 43.0 Å². The zero-order valence-corrected chi connectivity index (χ0v) is 12.0. The van der Waals surface area contributed by atoms with Gasteiger partial charge in [0, 0.05) is 38.7 Å². The molecule has 1 atom stereocenters. The second-order valence-electron chi connectivity index (χ2n) is 5.04. The normalized spacial score (nSPS) is 17.8. The topological polar surface area (TPSA) is 58.6 Å². The lowest BCUT2D eigenvalue weighted by molar-refractivity contribution is -0.132. The van der Waals surface area contributed by atoms with E-state index in [9.17, 15) is 14.0 Å². The van der Waals surface area contributed by atoms with Crippen molar-refractivity contribution in [3.63, 3.8) is 0 Å². The molecule has 1 aliphatic heterocycles. The number of carbonyl (C=O) groups excluding carboxylic acids is 2. The zero-order valence-electron chi connectivity index (χ0n) is 12.0. The summed E-state index contributed by atoms with van der Waals surface area (Å²) in [7, 11) is 1.63. The molecule has 1 aliphatic rings. The Morgan fingerprint density at radius 1 is 1.33 bits per heavy atom. The number of anilines is 1. The maximum atomic E-state index is 12.7. The van der Waals surface area contributed by atoms with Gasteiger partial charge >= 0.3 is 0 Å². The van der Waals surface area contributed by atoms with Crippen LogP contribution in [0.4, 0.5) is 10.1 Å². The summed E-state index contributed by atoms with van der Waals surface area (Å²) >= 11 is 0. The first kappa shape index (κ1) is 15.4. The molecule has 0 aromatic heterocycles. The summed E-state index contributed by atoms with van der Waals surface area (Å²) in [4.78, 5) is 25.4. The van der Waals surface area contributed by atoms with E-state index in [1.165, 1.54) is 24.3 Å².